The van der Waals surface area contributed by atoms with Crippen LogP contribution >= 0.6 is 0 Å². The smallest absolute Gasteiger partial charge is 0.306 e. The van der Waals surface area contributed by atoms with Crippen LogP contribution in [-0.4, -0.2) is 53.0 Å². The first-order chi connectivity index (χ1) is 17.0. The van der Waals surface area contributed by atoms with E-state index in [1.165, 1.54) is 11.6 Å². The van der Waals surface area contributed by atoms with Gasteiger partial charge in [0.1, 0.15) is 6.10 Å². The second-order valence-corrected chi connectivity index (χ2v) is 12.0. The summed E-state index contributed by atoms with van der Waals surface area (Å²) in [5.41, 5.74) is 1.48. The number of hydrogen-bond acceptors (Lipinski definition) is 5. The number of esters is 1. The molecule has 1 N–H and O–H groups in total. The van der Waals surface area contributed by atoms with Crippen molar-refractivity contribution < 1.29 is 24.2 Å². The van der Waals surface area contributed by atoms with Crippen LogP contribution in [0.4, 0.5) is 0 Å². The zero-order chi connectivity index (χ0) is 26.8. The summed E-state index contributed by atoms with van der Waals surface area (Å²) in [5, 5.41) is 8.66. The van der Waals surface area contributed by atoms with Gasteiger partial charge in [-0.3, -0.25) is 19.3 Å². The highest BCUT2D eigenvalue weighted by atomic mass is 16.5. The van der Waals surface area contributed by atoms with Crippen molar-refractivity contribution in [3.05, 3.63) is 24.3 Å². The van der Waals surface area contributed by atoms with Gasteiger partial charge in [0.2, 0.25) is 0 Å². The monoisotopic (exact) mass is 503 g/mol. The van der Waals surface area contributed by atoms with E-state index in [0.717, 1.165) is 77.3 Å². The normalized spacial score (nSPS) is 22.0. The maximum atomic E-state index is 12.4. The number of ether oxygens (including phenoxy) is 1. The van der Waals surface area contributed by atoms with Crippen molar-refractivity contribution >= 4 is 17.7 Å². The number of carboxylic acid groups (broad SMARTS) is 1. The second-order valence-electron chi connectivity index (χ2n) is 12.0. The molecule has 2 rings (SSSR count). The molecule has 6 heteroatoms. The third-order valence-corrected chi connectivity index (χ3v) is 8.16. The molecule has 1 heterocycles. The molecule has 0 radical (unpaired) electrons. The lowest BCUT2D eigenvalue weighted by molar-refractivity contribution is -0.152. The number of carbonyl (C=O) groups is 3. The molecule has 1 saturated heterocycles. The van der Waals surface area contributed by atoms with E-state index in [9.17, 15) is 14.4 Å². The van der Waals surface area contributed by atoms with Crippen LogP contribution in [-0.2, 0) is 19.1 Å². The van der Waals surface area contributed by atoms with Crippen molar-refractivity contribution in [2.24, 2.45) is 10.8 Å². The first kappa shape index (κ1) is 30.3. The van der Waals surface area contributed by atoms with E-state index in [4.69, 9.17) is 9.84 Å². The van der Waals surface area contributed by atoms with E-state index in [2.05, 4.69) is 45.2 Å². The molecule has 0 amide bonds. The van der Waals surface area contributed by atoms with Gasteiger partial charge in [0.25, 0.3) is 0 Å². The van der Waals surface area contributed by atoms with Crippen LogP contribution in [0.3, 0.4) is 0 Å². The van der Waals surface area contributed by atoms with Gasteiger partial charge in [-0.25, -0.2) is 0 Å². The Morgan fingerprint density at radius 1 is 1.00 bits per heavy atom. The van der Waals surface area contributed by atoms with Crippen LogP contribution in [0.2, 0.25) is 0 Å². The number of ketones is 1. The van der Waals surface area contributed by atoms with Crippen LogP contribution in [0, 0.1) is 10.8 Å². The molecule has 2 aliphatic rings. The minimum absolute atomic E-state index is 0.000177. The van der Waals surface area contributed by atoms with Gasteiger partial charge < -0.3 is 9.84 Å². The van der Waals surface area contributed by atoms with E-state index < -0.39 is 5.97 Å². The zero-order valence-corrected chi connectivity index (χ0v) is 23.2. The summed E-state index contributed by atoms with van der Waals surface area (Å²) in [6.45, 7) is 14.8. The third kappa shape index (κ3) is 9.17. The highest BCUT2D eigenvalue weighted by Gasteiger charge is 2.48. The van der Waals surface area contributed by atoms with Gasteiger partial charge in [0.15, 0.2) is 5.78 Å². The molecule has 1 fully saturated rings. The predicted molar refractivity (Wildman–Crippen MR) is 144 cm³/mol. The first-order valence-corrected chi connectivity index (χ1v) is 14.0. The van der Waals surface area contributed by atoms with Crippen molar-refractivity contribution in [3.8, 4) is 0 Å². The topological polar surface area (TPSA) is 83.9 Å². The van der Waals surface area contributed by atoms with E-state index in [1.54, 1.807) is 0 Å². The van der Waals surface area contributed by atoms with Crippen molar-refractivity contribution in [1.29, 1.82) is 0 Å². The SMILES string of the molecule is C=CC(=O)CCC1=CCC(C)(C)C(N2CCC(OC(=O)CCCCCCCCC(=O)O)CC2)C1(C)C. The standard InChI is InChI=1S/C30H49NO5/c1-6-24(32)16-15-23-17-20-29(2,3)28(30(23,4)5)31-21-18-25(19-22-31)36-27(35)14-12-10-8-7-9-11-13-26(33)34/h6,17,25,28H,1,7-16,18-22H2,2-5H3,(H,33,34). The van der Waals surface area contributed by atoms with Crippen LogP contribution in [0.1, 0.15) is 111 Å². The number of nitrogens with zero attached hydrogens (tertiary/aromatic N) is 1. The molecule has 36 heavy (non-hydrogen) atoms. The van der Waals surface area contributed by atoms with Crippen LogP contribution in [0.25, 0.3) is 0 Å². The maximum Gasteiger partial charge on any atom is 0.306 e. The average Bonchev–Trinajstić information content (AvgIpc) is 2.80. The van der Waals surface area contributed by atoms with Crippen molar-refractivity contribution in [2.75, 3.05) is 13.1 Å². The zero-order valence-electron chi connectivity index (χ0n) is 23.2. The van der Waals surface area contributed by atoms with Crippen molar-refractivity contribution in [1.82, 2.24) is 4.90 Å². The maximum absolute atomic E-state index is 12.4. The Kier molecular flexibility index (Phi) is 11.9. The molecule has 1 unspecified atom stereocenters. The molecule has 204 valence electrons. The largest absolute Gasteiger partial charge is 0.481 e. The number of aliphatic carboxylic acids is 1. The summed E-state index contributed by atoms with van der Waals surface area (Å²) < 4.78 is 5.81. The van der Waals surface area contributed by atoms with Gasteiger partial charge in [-0.05, 0) is 50.0 Å². The van der Waals surface area contributed by atoms with E-state index in [1.807, 2.05) is 0 Å². The summed E-state index contributed by atoms with van der Waals surface area (Å²) in [6, 6.07) is 0.371. The minimum Gasteiger partial charge on any atom is -0.481 e. The van der Waals surface area contributed by atoms with Gasteiger partial charge >= 0.3 is 11.9 Å². The Morgan fingerprint density at radius 2 is 1.58 bits per heavy atom. The van der Waals surface area contributed by atoms with Gasteiger partial charge in [-0.1, -0.05) is 71.6 Å². The van der Waals surface area contributed by atoms with E-state index in [-0.39, 0.29) is 35.1 Å². The fraction of sp³-hybridized carbons (Fsp3) is 0.767. The molecule has 1 aliphatic heterocycles. The van der Waals surface area contributed by atoms with E-state index in [0.29, 0.717) is 18.9 Å². The Labute approximate surface area is 218 Å². The third-order valence-electron chi connectivity index (χ3n) is 8.16. The van der Waals surface area contributed by atoms with Crippen molar-refractivity contribution in [3.63, 3.8) is 0 Å². The summed E-state index contributed by atoms with van der Waals surface area (Å²) in [5.74, 6) is -0.713. The van der Waals surface area contributed by atoms with Gasteiger partial charge in [-0.2, -0.15) is 0 Å². The summed E-state index contributed by atoms with van der Waals surface area (Å²) >= 11 is 0. The summed E-state index contributed by atoms with van der Waals surface area (Å²) in [4.78, 5) is 37.3. The highest BCUT2D eigenvalue weighted by Crippen LogP contribution is 2.50. The van der Waals surface area contributed by atoms with Gasteiger partial charge in [0.05, 0.1) is 0 Å². The number of unbranched alkanes of at least 4 members (excludes halogenated alkanes) is 5. The van der Waals surface area contributed by atoms with Gasteiger partial charge in [-0.15, -0.1) is 0 Å². The Hall–Kier alpha value is -1.95. The second kappa shape index (κ2) is 14.1. The molecule has 0 spiro atoms. The molecule has 0 aromatic carbocycles. The Bertz CT molecular complexity index is 789. The molecule has 1 atom stereocenters. The molecule has 0 bridgehead atoms. The van der Waals surface area contributed by atoms with Crippen LogP contribution in [0.5, 0.6) is 0 Å². The lowest BCUT2D eigenvalue weighted by Crippen LogP contribution is -2.58. The molecular weight excluding hydrogens is 454 g/mol. The molecular formula is C30H49NO5. The highest BCUT2D eigenvalue weighted by molar-refractivity contribution is 5.89. The fourth-order valence-corrected chi connectivity index (χ4v) is 6.40. The minimum atomic E-state index is -0.728. The van der Waals surface area contributed by atoms with Crippen molar-refractivity contribution in [2.45, 2.75) is 123 Å². The lowest BCUT2D eigenvalue weighted by Gasteiger charge is -2.55. The van der Waals surface area contributed by atoms with Gasteiger partial charge in [0, 0.05) is 43.8 Å². The summed E-state index contributed by atoms with van der Waals surface area (Å²) in [7, 11) is 0. The first-order valence-electron chi connectivity index (χ1n) is 14.0. The number of rotatable bonds is 15. The molecule has 1 aliphatic carbocycles. The number of hydrogen-bond donors (Lipinski definition) is 1. The van der Waals surface area contributed by atoms with Crippen LogP contribution in [0.15, 0.2) is 24.3 Å². The number of carbonyl (C=O) groups excluding carboxylic acids is 2. The number of likely N-dealkylation sites (tertiary alicyclic amines) is 1. The Balaban J connectivity index is 1.76. The number of piperidine rings is 1. The molecule has 0 aromatic rings. The Morgan fingerprint density at radius 3 is 2.17 bits per heavy atom. The number of carboxylic acids is 1. The molecule has 0 saturated carbocycles. The molecule has 0 aromatic heterocycles. The fourth-order valence-electron chi connectivity index (χ4n) is 6.40. The predicted octanol–water partition coefficient (Wildman–Crippen LogP) is 6.49. The lowest BCUT2D eigenvalue weighted by atomic mass is 9.59. The average molecular weight is 504 g/mol. The quantitative estimate of drug-likeness (QED) is 0.119. The summed E-state index contributed by atoms with van der Waals surface area (Å²) in [6.07, 6.45) is 14.1. The van der Waals surface area contributed by atoms with E-state index >= 15 is 0 Å². The van der Waals surface area contributed by atoms with Crippen LogP contribution < -0.4 is 0 Å². The molecule has 6 nitrogen and oxygen atoms in total. The number of allylic oxidation sites excluding steroid dienone is 2.